The van der Waals surface area contributed by atoms with Crippen molar-refractivity contribution in [1.82, 2.24) is 14.8 Å². The van der Waals surface area contributed by atoms with Crippen LogP contribution in [-0.2, 0) is 25.6 Å². The predicted octanol–water partition coefficient (Wildman–Crippen LogP) is 1.94. The zero-order valence-corrected chi connectivity index (χ0v) is 11.8. The van der Waals surface area contributed by atoms with E-state index in [2.05, 4.69) is 16.1 Å². The highest BCUT2D eigenvalue weighted by Crippen LogP contribution is 2.35. The lowest BCUT2D eigenvalue weighted by atomic mass is 10.1. The molecule has 0 saturated heterocycles. The average Bonchev–Trinajstić information content (AvgIpc) is 2.96. The van der Waals surface area contributed by atoms with Gasteiger partial charge in [0.05, 0.1) is 6.10 Å². The number of aromatic nitrogens is 3. The Balaban J connectivity index is 1.78. The van der Waals surface area contributed by atoms with E-state index in [-0.39, 0.29) is 0 Å². The van der Waals surface area contributed by atoms with Crippen LogP contribution in [0, 0.1) is 0 Å². The molecular weight excluding hydrogens is 266 g/mol. The maximum Gasteiger partial charge on any atom is 0.138 e. The van der Waals surface area contributed by atoms with E-state index in [9.17, 15) is 5.11 Å². The molecule has 0 spiro atoms. The number of aliphatic hydroxyl groups excluding tert-OH is 1. The van der Waals surface area contributed by atoms with Gasteiger partial charge >= 0.3 is 0 Å². The van der Waals surface area contributed by atoms with Crippen LogP contribution in [0.5, 0.6) is 0 Å². The minimum Gasteiger partial charge on any atom is -0.387 e. The van der Waals surface area contributed by atoms with Gasteiger partial charge in [-0.15, -0.1) is 11.3 Å². The SMILES string of the molecule is Cn1ncnc1CC(O)c1cc2c(s1)CCSC2. The fourth-order valence-corrected chi connectivity index (χ4v) is 4.48. The first-order chi connectivity index (χ1) is 8.74. The summed E-state index contributed by atoms with van der Waals surface area (Å²) in [7, 11) is 1.85. The summed E-state index contributed by atoms with van der Waals surface area (Å²) in [6.45, 7) is 0. The molecule has 1 aliphatic heterocycles. The van der Waals surface area contributed by atoms with Crippen molar-refractivity contribution in [2.45, 2.75) is 24.7 Å². The fourth-order valence-electron chi connectivity index (χ4n) is 2.11. The van der Waals surface area contributed by atoms with Crippen molar-refractivity contribution in [2.75, 3.05) is 5.75 Å². The zero-order valence-electron chi connectivity index (χ0n) is 10.2. The largest absolute Gasteiger partial charge is 0.387 e. The van der Waals surface area contributed by atoms with Crippen molar-refractivity contribution in [3.8, 4) is 0 Å². The maximum atomic E-state index is 10.3. The molecule has 2 aromatic heterocycles. The Morgan fingerprint density at radius 1 is 1.56 bits per heavy atom. The number of hydrogen-bond acceptors (Lipinski definition) is 5. The second kappa shape index (κ2) is 5.03. The Labute approximate surface area is 114 Å². The van der Waals surface area contributed by atoms with E-state index in [0.29, 0.717) is 6.42 Å². The number of aliphatic hydroxyl groups is 1. The summed E-state index contributed by atoms with van der Waals surface area (Å²) in [5.41, 5.74) is 1.41. The normalized spacial score (nSPS) is 16.6. The van der Waals surface area contributed by atoms with Crippen molar-refractivity contribution < 1.29 is 5.11 Å². The summed E-state index contributed by atoms with van der Waals surface area (Å²) >= 11 is 3.72. The molecule has 0 radical (unpaired) electrons. The van der Waals surface area contributed by atoms with E-state index in [4.69, 9.17) is 0 Å². The van der Waals surface area contributed by atoms with Crippen molar-refractivity contribution >= 4 is 23.1 Å². The van der Waals surface area contributed by atoms with Gasteiger partial charge in [-0.1, -0.05) is 0 Å². The van der Waals surface area contributed by atoms with Gasteiger partial charge in [0.1, 0.15) is 12.2 Å². The van der Waals surface area contributed by atoms with E-state index in [1.54, 1.807) is 16.0 Å². The standard InChI is InChI=1S/C12H15N3OS2/c1-15-12(13-7-14-15)5-9(16)11-4-8-6-17-3-2-10(8)18-11/h4,7,9,16H,2-3,5-6H2,1H3. The van der Waals surface area contributed by atoms with E-state index in [1.807, 2.05) is 18.8 Å². The van der Waals surface area contributed by atoms with Gasteiger partial charge in [-0.3, -0.25) is 4.68 Å². The smallest absolute Gasteiger partial charge is 0.138 e. The molecule has 6 heteroatoms. The Morgan fingerprint density at radius 2 is 2.44 bits per heavy atom. The molecule has 3 heterocycles. The Morgan fingerprint density at radius 3 is 3.17 bits per heavy atom. The fraction of sp³-hybridized carbons (Fsp3) is 0.500. The number of nitrogens with zero attached hydrogens (tertiary/aromatic N) is 3. The molecule has 3 rings (SSSR count). The zero-order chi connectivity index (χ0) is 12.5. The molecule has 1 atom stereocenters. The molecule has 18 heavy (non-hydrogen) atoms. The highest BCUT2D eigenvalue weighted by molar-refractivity contribution is 7.98. The van der Waals surface area contributed by atoms with Crippen LogP contribution in [0.1, 0.15) is 27.2 Å². The minimum atomic E-state index is -0.464. The quantitative estimate of drug-likeness (QED) is 0.934. The first-order valence-corrected chi connectivity index (χ1v) is 7.91. The Bertz CT molecular complexity index is 526. The molecule has 1 unspecified atom stereocenters. The molecule has 2 aromatic rings. The number of aryl methyl sites for hydroxylation is 2. The lowest BCUT2D eigenvalue weighted by molar-refractivity contribution is 0.178. The molecule has 0 aromatic carbocycles. The summed E-state index contributed by atoms with van der Waals surface area (Å²) in [5.74, 6) is 3.11. The lowest BCUT2D eigenvalue weighted by Crippen LogP contribution is -2.06. The summed E-state index contributed by atoms with van der Waals surface area (Å²) in [4.78, 5) is 6.66. The van der Waals surface area contributed by atoms with Crippen LogP contribution in [0.15, 0.2) is 12.4 Å². The van der Waals surface area contributed by atoms with Gasteiger partial charge in [-0.2, -0.15) is 16.9 Å². The first kappa shape index (κ1) is 12.2. The van der Waals surface area contributed by atoms with Crippen LogP contribution in [0.25, 0.3) is 0 Å². The molecule has 0 bridgehead atoms. The van der Waals surface area contributed by atoms with Crippen LogP contribution in [0.3, 0.4) is 0 Å². The number of thiophene rings is 1. The molecule has 1 aliphatic rings. The molecule has 1 N–H and O–H groups in total. The van der Waals surface area contributed by atoms with Gasteiger partial charge in [0.2, 0.25) is 0 Å². The second-order valence-corrected chi connectivity index (χ2v) is 6.69. The molecule has 0 amide bonds. The number of thioether (sulfide) groups is 1. The first-order valence-electron chi connectivity index (χ1n) is 5.94. The Kier molecular flexibility index (Phi) is 3.41. The van der Waals surface area contributed by atoms with Crippen LogP contribution in [0.2, 0.25) is 0 Å². The average molecular weight is 281 g/mol. The minimum absolute atomic E-state index is 0.464. The van der Waals surface area contributed by atoms with Crippen LogP contribution in [-0.4, -0.2) is 25.6 Å². The Hall–Kier alpha value is -0.850. The van der Waals surface area contributed by atoms with Crippen molar-refractivity contribution in [3.05, 3.63) is 33.5 Å². The molecule has 0 aliphatic carbocycles. The van der Waals surface area contributed by atoms with Gasteiger partial charge < -0.3 is 5.11 Å². The van der Waals surface area contributed by atoms with Crippen molar-refractivity contribution in [1.29, 1.82) is 0 Å². The third kappa shape index (κ3) is 2.32. The van der Waals surface area contributed by atoms with Crippen LogP contribution in [0.4, 0.5) is 0 Å². The monoisotopic (exact) mass is 281 g/mol. The van der Waals surface area contributed by atoms with Crippen LogP contribution >= 0.6 is 23.1 Å². The van der Waals surface area contributed by atoms with Gasteiger partial charge in [-0.05, 0) is 23.8 Å². The molecule has 0 fully saturated rings. The molecule has 0 saturated carbocycles. The molecule has 96 valence electrons. The van der Waals surface area contributed by atoms with Gasteiger partial charge in [0, 0.05) is 29.0 Å². The van der Waals surface area contributed by atoms with Gasteiger partial charge in [0.25, 0.3) is 0 Å². The number of hydrogen-bond donors (Lipinski definition) is 1. The van der Waals surface area contributed by atoms with Gasteiger partial charge in [-0.25, -0.2) is 4.98 Å². The summed E-state index contributed by atoms with van der Waals surface area (Å²) in [5, 5.41) is 14.3. The maximum absolute atomic E-state index is 10.3. The van der Waals surface area contributed by atoms with Crippen molar-refractivity contribution in [2.24, 2.45) is 7.05 Å². The third-order valence-electron chi connectivity index (χ3n) is 3.16. The van der Waals surface area contributed by atoms with Crippen molar-refractivity contribution in [3.63, 3.8) is 0 Å². The summed E-state index contributed by atoms with van der Waals surface area (Å²) in [6.07, 6.45) is 2.73. The number of rotatable bonds is 3. The summed E-state index contributed by atoms with van der Waals surface area (Å²) in [6, 6.07) is 2.16. The molecule has 4 nitrogen and oxygen atoms in total. The number of fused-ring (bicyclic) bond motifs is 1. The van der Waals surface area contributed by atoms with E-state index >= 15 is 0 Å². The van der Waals surface area contributed by atoms with Gasteiger partial charge in [0.15, 0.2) is 0 Å². The highest BCUT2D eigenvalue weighted by atomic mass is 32.2. The van der Waals surface area contributed by atoms with E-state index in [0.717, 1.165) is 22.9 Å². The third-order valence-corrected chi connectivity index (χ3v) is 5.50. The van der Waals surface area contributed by atoms with Crippen LogP contribution < -0.4 is 0 Å². The lowest BCUT2D eigenvalue weighted by Gasteiger charge is -2.08. The van der Waals surface area contributed by atoms with E-state index < -0.39 is 6.10 Å². The topological polar surface area (TPSA) is 50.9 Å². The summed E-state index contributed by atoms with van der Waals surface area (Å²) < 4.78 is 1.71. The second-order valence-electron chi connectivity index (χ2n) is 4.42. The highest BCUT2D eigenvalue weighted by Gasteiger charge is 2.19. The molecular formula is C12H15N3OS2. The predicted molar refractivity (Wildman–Crippen MR) is 73.9 cm³/mol. The van der Waals surface area contributed by atoms with E-state index in [1.165, 1.54) is 22.5 Å².